The molecule has 1 heterocycles. The zero-order chi connectivity index (χ0) is 16.5. The molecule has 0 aromatic heterocycles. The summed E-state index contributed by atoms with van der Waals surface area (Å²) in [6.45, 7) is 2.83. The second kappa shape index (κ2) is 9.67. The van der Waals surface area contributed by atoms with Gasteiger partial charge in [-0.1, -0.05) is 37.2 Å². The number of hydrogen-bond acceptors (Lipinski definition) is 4. The highest BCUT2D eigenvalue weighted by molar-refractivity contribution is 8.04. The Kier molecular flexibility index (Phi) is 7.55. The van der Waals surface area contributed by atoms with Crippen LogP contribution >= 0.6 is 23.5 Å². The van der Waals surface area contributed by atoms with Gasteiger partial charge in [-0.3, -0.25) is 9.59 Å². The van der Waals surface area contributed by atoms with Gasteiger partial charge < -0.3 is 10.6 Å². The van der Waals surface area contributed by atoms with Crippen molar-refractivity contribution in [3.05, 3.63) is 35.2 Å². The Morgan fingerprint density at radius 2 is 2.09 bits per heavy atom. The highest BCUT2D eigenvalue weighted by atomic mass is 32.2. The number of nitrogens with one attached hydrogen (secondary N) is 2. The van der Waals surface area contributed by atoms with Crippen LogP contribution in [0.15, 0.2) is 40.1 Å². The van der Waals surface area contributed by atoms with Crippen molar-refractivity contribution in [2.45, 2.75) is 31.1 Å². The minimum atomic E-state index is -0.223. The van der Waals surface area contributed by atoms with Crippen LogP contribution in [0.1, 0.15) is 26.2 Å². The first-order chi connectivity index (χ1) is 11.2. The summed E-state index contributed by atoms with van der Waals surface area (Å²) in [5.74, 6) is 1.81. The van der Waals surface area contributed by atoms with Crippen molar-refractivity contribution in [3.63, 3.8) is 0 Å². The minimum Gasteiger partial charge on any atom is -0.352 e. The molecule has 6 heteroatoms. The molecule has 2 amide bonds. The van der Waals surface area contributed by atoms with Crippen molar-refractivity contribution in [2.75, 3.05) is 23.4 Å². The van der Waals surface area contributed by atoms with E-state index in [9.17, 15) is 9.59 Å². The number of benzene rings is 1. The van der Waals surface area contributed by atoms with E-state index in [0.29, 0.717) is 11.4 Å². The molecule has 4 nitrogen and oxygen atoms in total. The third-order valence-electron chi connectivity index (χ3n) is 3.25. The molecule has 0 saturated heterocycles. The average Bonchev–Trinajstić information content (AvgIpc) is 2.55. The maximum atomic E-state index is 12.0. The van der Waals surface area contributed by atoms with Crippen LogP contribution in [0.3, 0.4) is 0 Å². The Bertz CT molecular complexity index is 588. The first-order valence-electron chi connectivity index (χ1n) is 7.86. The van der Waals surface area contributed by atoms with Gasteiger partial charge in [-0.25, -0.2) is 0 Å². The van der Waals surface area contributed by atoms with Crippen LogP contribution in [0.25, 0.3) is 0 Å². The Labute approximate surface area is 145 Å². The smallest absolute Gasteiger partial charge is 0.262 e. The van der Waals surface area contributed by atoms with Crippen molar-refractivity contribution in [3.8, 4) is 0 Å². The molecule has 2 N–H and O–H groups in total. The lowest BCUT2D eigenvalue weighted by molar-refractivity contribution is -0.117. The standard InChI is InChI=1S/C17H22N2O2S2/c1-2-3-10-22-11-6-9-18-16(20)12-15-17(21)19-13-7-4-5-8-14(13)23-15/h4-5,7-8,12H,2-3,6,9-11H2,1H3,(H,18,20)(H,19,21)/b15-12-. The van der Waals surface area contributed by atoms with Crippen molar-refractivity contribution in [1.82, 2.24) is 5.32 Å². The van der Waals surface area contributed by atoms with Gasteiger partial charge in [0.15, 0.2) is 0 Å². The summed E-state index contributed by atoms with van der Waals surface area (Å²) in [5.41, 5.74) is 0.796. The summed E-state index contributed by atoms with van der Waals surface area (Å²) in [6, 6.07) is 7.57. The molecular weight excluding hydrogens is 328 g/mol. The van der Waals surface area contributed by atoms with Gasteiger partial charge in [0, 0.05) is 17.5 Å². The van der Waals surface area contributed by atoms with E-state index in [-0.39, 0.29) is 11.8 Å². The van der Waals surface area contributed by atoms with Gasteiger partial charge in [-0.05, 0) is 36.5 Å². The van der Waals surface area contributed by atoms with Gasteiger partial charge in [0.05, 0.1) is 10.6 Å². The van der Waals surface area contributed by atoms with E-state index >= 15 is 0 Å². The summed E-state index contributed by atoms with van der Waals surface area (Å²) in [5, 5.41) is 5.64. The summed E-state index contributed by atoms with van der Waals surface area (Å²) in [6.07, 6.45) is 4.81. The molecule has 0 bridgehead atoms. The normalized spacial score (nSPS) is 15.2. The highest BCUT2D eigenvalue weighted by Gasteiger charge is 2.21. The average molecular weight is 351 g/mol. The molecule has 0 radical (unpaired) electrons. The van der Waals surface area contributed by atoms with Gasteiger partial charge in [-0.2, -0.15) is 11.8 Å². The minimum absolute atomic E-state index is 0.208. The van der Waals surface area contributed by atoms with E-state index in [1.807, 2.05) is 36.0 Å². The maximum absolute atomic E-state index is 12.0. The molecule has 0 fully saturated rings. The molecule has 0 spiro atoms. The lowest BCUT2D eigenvalue weighted by Crippen LogP contribution is -2.25. The van der Waals surface area contributed by atoms with Gasteiger partial charge in [0.2, 0.25) is 5.91 Å². The fourth-order valence-corrected chi connectivity index (χ4v) is 3.97. The zero-order valence-electron chi connectivity index (χ0n) is 13.3. The van der Waals surface area contributed by atoms with Gasteiger partial charge in [-0.15, -0.1) is 0 Å². The lowest BCUT2D eigenvalue weighted by Gasteiger charge is -2.17. The number of para-hydroxylation sites is 1. The van der Waals surface area contributed by atoms with Crippen LogP contribution in [-0.4, -0.2) is 29.9 Å². The second-order valence-corrected chi connectivity index (χ2v) is 7.48. The third-order valence-corrected chi connectivity index (χ3v) is 5.50. The topological polar surface area (TPSA) is 58.2 Å². The lowest BCUT2D eigenvalue weighted by atomic mass is 10.3. The van der Waals surface area contributed by atoms with Crippen molar-refractivity contribution < 1.29 is 9.59 Å². The number of fused-ring (bicyclic) bond motifs is 1. The van der Waals surface area contributed by atoms with E-state index in [4.69, 9.17) is 0 Å². The molecule has 1 aromatic carbocycles. The number of carbonyl (C=O) groups excluding carboxylic acids is 2. The van der Waals surface area contributed by atoms with Crippen LogP contribution in [0, 0.1) is 0 Å². The molecule has 0 saturated carbocycles. The van der Waals surface area contributed by atoms with E-state index in [1.165, 1.54) is 36.4 Å². The summed E-state index contributed by atoms with van der Waals surface area (Å²) in [7, 11) is 0. The largest absolute Gasteiger partial charge is 0.352 e. The molecule has 2 rings (SSSR count). The summed E-state index contributed by atoms with van der Waals surface area (Å²) >= 11 is 3.25. The monoisotopic (exact) mass is 350 g/mol. The molecule has 1 aliphatic rings. The maximum Gasteiger partial charge on any atom is 0.262 e. The number of unbranched alkanes of at least 4 members (excludes halogenated alkanes) is 1. The van der Waals surface area contributed by atoms with Gasteiger partial charge in [0.25, 0.3) is 5.91 Å². The molecule has 23 heavy (non-hydrogen) atoms. The van der Waals surface area contributed by atoms with Crippen LogP contribution < -0.4 is 10.6 Å². The van der Waals surface area contributed by atoms with Crippen LogP contribution in [-0.2, 0) is 9.59 Å². The SMILES string of the molecule is CCCCSCCCNC(=O)/C=C1\Sc2ccccc2NC1=O. The summed E-state index contributed by atoms with van der Waals surface area (Å²) in [4.78, 5) is 25.3. The van der Waals surface area contributed by atoms with E-state index in [2.05, 4.69) is 17.6 Å². The molecular formula is C17H22N2O2S2. The molecule has 0 aliphatic carbocycles. The second-order valence-electron chi connectivity index (χ2n) is 5.17. The first kappa shape index (κ1) is 17.9. The zero-order valence-corrected chi connectivity index (χ0v) is 14.9. The Morgan fingerprint density at radius 1 is 1.30 bits per heavy atom. The number of rotatable bonds is 8. The predicted octanol–water partition coefficient (Wildman–Crippen LogP) is 3.65. The number of thioether (sulfide) groups is 2. The third kappa shape index (κ3) is 5.95. The Morgan fingerprint density at radius 3 is 2.91 bits per heavy atom. The molecule has 1 aliphatic heterocycles. The Hall–Kier alpha value is -1.40. The van der Waals surface area contributed by atoms with Crippen LogP contribution in [0.4, 0.5) is 5.69 Å². The molecule has 124 valence electrons. The van der Waals surface area contributed by atoms with E-state index < -0.39 is 0 Å². The molecule has 1 aromatic rings. The van der Waals surface area contributed by atoms with Gasteiger partial charge in [0.1, 0.15) is 0 Å². The number of hydrogen-bond donors (Lipinski definition) is 2. The van der Waals surface area contributed by atoms with Crippen LogP contribution in [0.5, 0.6) is 0 Å². The highest BCUT2D eigenvalue weighted by Crippen LogP contribution is 2.37. The van der Waals surface area contributed by atoms with E-state index in [0.717, 1.165) is 22.8 Å². The quantitative estimate of drug-likeness (QED) is 0.555. The number of anilines is 1. The number of amides is 2. The van der Waals surface area contributed by atoms with Gasteiger partial charge >= 0.3 is 0 Å². The van der Waals surface area contributed by atoms with Crippen molar-refractivity contribution in [1.29, 1.82) is 0 Å². The van der Waals surface area contributed by atoms with Crippen LogP contribution in [0.2, 0.25) is 0 Å². The van der Waals surface area contributed by atoms with Crippen molar-refractivity contribution in [2.24, 2.45) is 0 Å². The fraction of sp³-hybridized carbons (Fsp3) is 0.412. The summed E-state index contributed by atoms with van der Waals surface area (Å²) < 4.78 is 0. The predicted molar refractivity (Wildman–Crippen MR) is 98.9 cm³/mol. The number of carbonyl (C=O) groups is 2. The molecule has 0 unspecified atom stereocenters. The Balaban J connectivity index is 1.76. The fourth-order valence-electron chi connectivity index (χ4n) is 2.01. The first-order valence-corrected chi connectivity index (χ1v) is 9.83. The van der Waals surface area contributed by atoms with E-state index in [1.54, 1.807) is 0 Å². The van der Waals surface area contributed by atoms with Crippen molar-refractivity contribution >= 4 is 41.0 Å². The molecule has 0 atom stereocenters.